The topological polar surface area (TPSA) is 41.6 Å². The normalized spacial score (nSPS) is 17.1. The predicted octanol–water partition coefficient (Wildman–Crippen LogP) is 4.16. The van der Waals surface area contributed by atoms with Crippen LogP contribution < -0.4 is 10.2 Å². The highest BCUT2D eigenvalue weighted by Crippen LogP contribution is 2.24. The number of benzene rings is 1. The molecule has 1 saturated heterocycles. The zero-order valence-corrected chi connectivity index (χ0v) is 14.3. The lowest BCUT2D eigenvalue weighted by Gasteiger charge is -2.20. The number of nitrogens with zero attached hydrogens (tertiary/aromatic N) is 1. The van der Waals surface area contributed by atoms with Gasteiger partial charge in [0, 0.05) is 18.3 Å². The van der Waals surface area contributed by atoms with E-state index < -0.39 is 0 Å². The van der Waals surface area contributed by atoms with E-state index in [1.165, 1.54) is 11.1 Å². The molecular formula is C18H22N2O2S. The van der Waals surface area contributed by atoms with E-state index in [9.17, 15) is 4.79 Å². The second kappa shape index (κ2) is 7.15. The average Bonchev–Trinajstić information content (AvgIpc) is 3.24. The number of carbonyl (C=O) groups excluding carboxylic acids is 1. The molecule has 1 N–H and O–H groups in total. The SMILES string of the molecule is C[C@@H](CN[C@H](C)c1cccc(N2CCOC2=O)c1)c1ccsc1. The Hall–Kier alpha value is -1.85. The van der Waals surface area contributed by atoms with Gasteiger partial charge in [-0.3, -0.25) is 4.90 Å². The molecule has 0 aliphatic carbocycles. The van der Waals surface area contributed by atoms with E-state index in [2.05, 4.69) is 48.1 Å². The number of amides is 1. The van der Waals surface area contributed by atoms with Crippen LogP contribution >= 0.6 is 11.3 Å². The molecule has 0 unspecified atom stereocenters. The van der Waals surface area contributed by atoms with E-state index in [0.717, 1.165) is 12.2 Å². The third-order valence-corrected chi connectivity index (χ3v) is 4.99. The summed E-state index contributed by atoms with van der Waals surface area (Å²) in [6, 6.07) is 10.5. The molecular weight excluding hydrogens is 308 g/mol. The summed E-state index contributed by atoms with van der Waals surface area (Å²) in [5.74, 6) is 0.487. The highest BCUT2D eigenvalue weighted by molar-refractivity contribution is 7.07. The Morgan fingerprint density at radius 3 is 2.87 bits per heavy atom. The van der Waals surface area contributed by atoms with Crippen LogP contribution in [-0.4, -0.2) is 25.8 Å². The summed E-state index contributed by atoms with van der Waals surface area (Å²) in [7, 11) is 0. The summed E-state index contributed by atoms with van der Waals surface area (Å²) in [5, 5.41) is 7.91. The molecule has 1 amide bonds. The van der Waals surface area contributed by atoms with Crippen molar-refractivity contribution in [2.24, 2.45) is 0 Å². The van der Waals surface area contributed by atoms with E-state index in [4.69, 9.17) is 4.74 Å². The fourth-order valence-electron chi connectivity index (χ4n) is 2.73. The van der Waals surface area contributed by atoms with Crippen LogP contribution in [0.25, 0.3) is 0 Å². The summed E-state index contributed by atoms with van der Waals surface area (Å²) in [5.41, 5.74) is 3.47. The number of thiophene rings is 1. The fourth-order valence-corrected chi connectivity index (χ4v) is 3.52. The molecule has 4 nitrogen and oxygen atoms in total. The summed E-state index contributed by atoms with van der Waals surface area (Å²) >= 11 is 1.74. The molecule has 1 aliphatic rings. The van der Waals surface area contributed by atoms with Crippen LogP contribution in [-0.2, 0) is 4.74 Å². The van der Waals surface area contributed by atoms with E-state index in [0.29, 0.717) is 19.1 Å². The Labute approximate surface area is 141 Å². The minimum absolute atomic E-state index is 0.231. The third-order valence-electron chi connectivity index (χ3n) is 4.29. The van der Waals surface area contributed by atoms with Crippen molar-refractivity contribution in [3.63, 3.8) is 0 Å². The van der Waals surface area contributed by atoms with Crippen molar-refractivity contribution < 1.29 is 9.53 Å². The maximum absolute atomic E-state index is 11.7. The maximum atomic E-state index is 11.7. The minimum atomic E-state index is -0.256. The monoisotopic (exact) mass is 330 g/mol. The first-order valence-electron chi connectivity index (χ1n) is 7.95. The second-order valence-corrected chi connectivity index (χ2v) is 6.73. The van der Waals surface area contributed by atoms with E-state index in [1.807, 2.05) is 12.1 Å². The van der Waals surface area contributed by atoms with E-state index in [1.54, 1.807) is 16.2 Å². The molecule has 1 aromatic carbocycles. The van der Waals surface area contributed by atoms with Gasteiger partial charge in [0.15, 0.2) is 0 Å². The molecule has 0 saturated carbocycles. The van der Waals surface area contributed by atoms with Crippen LogP contribution in [0.5, 0.6) is 0 Å². The Bertz CT molecular complexity index is 657. The maximum Gasteiger partial charge on any atom is 0.414 e. The van der Waals surface area contributed by atoms with Crippen LogP contribution in [0.3, 0.4) is 0 Å². The van der Waals surface area contributed by atoms with Gasteiger partial charge in [-0.1, -0.05) is 19.1 Å². The Kier molecular flexibility index (Phi) is 4.98. The Balaban J connectivity index is 1.63. The lowest BCUT2D eigenvalue weighted by molar-refractivity contribution is 0.181. The van der Waals surface area contributed by atoms with Crippen molar-refractivity contribution in [3.05, 3.63) is 52.2 Å². The van der Waals surface area contributed by atoms with Crippen molar-refractivity contribution >= 4 is 23.1 Å². The van der Waals surface area contributed by atoms with Crippen LogP contribution in [0.1, 0.15) is 36.9 Å². The molecule has 0 radical (unpaired) electrons. The standard InChI is InChI=1S/C18H22N2O2S/c1-13(16-6-9-23-12-16)11-19-14(2)15-4-3-5-17(10-15)20-7-8-22-18(20)21/h3-6,9-10,12-14,19H,7-8,11H2,1-2H3/t13-,14+/m0/s1. The summed E-state index contributed by atoms with van der Waals surface area (Å²) in [6.07, 6.45) is -0.256. The summed E-state index contributed by atoms with van der Waals surface area (Å²) < 4.78 is 5.01. The van der Waals surface area contributed by atoms with Crippen molar-refractivity contribution in [1.29, 1.82) is 0 Å². The molecule has 2 aromatic rings. The van der Waals surface area contributed by atoms with Crippen LogP contribution in [0.15, 0.2) is 41.1 Å². The van der Waals surface area contributed by atoms with Crippen molar-refractivity contribution in [1.82, 2.24) is 5.32 Å². The van der Waals surface area contributed by atoms with Gasteiger partial charge < -0.3 is 10.1 Å². The number of anilines is 1. The molecule has 2 atom stereocenters. The molecule has 0 spiro atoms. The largest absolute Gasteiger partial charge is 0.447 e. The first-order chi connectivity index (χ1) is 11.1. The Morgan fingerprint density at radius 2 is 2.17 bits per heavy atom. The lowest BCUT2D eigenvalue weighted by Crippen LogP contribution is -2.25. The molecule has 2 heterocycles. The Morgan fingerprint density at radius 1 is 1.30 bits per heavy atom. The molecule has 3 rings (SSSR count). The minimum Gasteiger partial charge on any atom is -0.447 e. The van der Waals surface area contributed by atoms with Crippen molar-refractivity contribution in [2.45, 2.75) is 25.8 Å². The van der Waals surface area contributed by atoms with Gasteiger partial charge in [0.05, 0.1) is 6.54 Å². The van der Waals surface area contributed by atoms with Crippen LogP contribution in [0.2, 0.25) is 0 Å². The van der Waals surface area contributed by atoms with Crippen molar-refractivity contribution in [2.75, 3.05) is 24.6 Å². The summed E-state index contributed by atoms with van der Waals surface area (Å²) in [4.78, 5) is 13.4. The molecule has 23 heavy (non-hydrogen) atoms. The molecule has 1 aliphatic heterocycles. The fraction of sp³-hybridized carbons (Fsp3) is 0.389. The quantitative estimate of drug-likeness (QED) is 0.865. The third kappa shape index (κ3) is 3.74. The van der Waals surface area contributed by atoms with E-state index in [-0.39, 0.29) is 12.1 Å². The first-order valence-corrected chi connectivity index (χ1v) is 8.89. The highest BCUT2D eigenvalue weighted by Gasteiger charge is 2.23. The van der Waals surface area contributed by atoms with Crippen LogP contribution in [0, 0.1) is 0 Å². The smallest absolute Gasteiger partial charge is 0.414 e. The molecule has 0 bridgehead atoms. The second-order valence-electron chi connectivity index (χ2n) is 5.95. The first kappa shape index (κ1) is 16.0. The zero-order chi connectivity index (χ0) is 16.2. The average molecular weight is 330 g/mol. The molecule has 5 heteroatoms. The van der Waals surface area contributed by atoms with E-state index >= 15 is 0 Å². The number of cyclic esters (lactones) is 1. The van der Waals surface area contributed by atoms with Gasteiger partial charge in [0.2, 0.25) is 0 Å². The summed E-state index contributed by atoms with van der Waals surface area (Å²) in [6.45, 7) is 6.41. The molecule has 1 aromatic heterocycles. The van der Waals surface area contributed by atoms with Gasteiger partial charge in [-0.05, 0) is 52.9 Å². The number of nitrogens with one attached hydrogen (secondary N) is 1. The lowest BCUT2D eigenvalue weighted by atomic mass is 10.0. The zero-order valence-electron chi connectivity index (χ0n) is 13.5. The van der Waals surface area contributed by atoms with Crippen molar-refractivity contribution in [3.8, 4) is 0 Å². The predicted molar refractivity (Wildman–Crippen MR) is 94.3 cm³/mol. The molecule has 122 valence electrons. The highest BCUT2D eigenvalue weighted by atomic mass is 32.1. The van der Waals surface area contributed by atoms with Gasteiger partial charge in [0.25, 0.3) is 0 Å². The van der Waals surface area contributed by atoms with Gasteiger partial charge in [0.1, 0.15) is 6.61 Å². The molecule has 1 fully saturated rings. The van der Waals surface area contributed by atoms with Gasteiger partial charge in [-0.2, -0.15) is 11.3 Å². The number of rotatable bonds is 6. The number of carbonyl (C=O) groups is 1. The number of hydrogen-bond acceptors (Lipinski definition) is 4. The number of ether oxygens (including phenoxy) is 1. The number of hydrogen-bond donors (Lipinski definition) is 1. The van der Waals surface area contributed by atoms with Gasteiger partial charge >= 0.3 is 6.09 Å². The van der Waals surface area contributed by atoms with Gasteiger partial charge in [-0.25, -0.2) is 4.79 Å². The van der Waals surface area contributed by atoms with Crippen LogP contribution in [0.4, 0.5) is 10.5 Å². The van der Waals surface area contributed by atoms with Gasteiger partial charge in [-0.15, -0.1) is 0 Å².